The van der Waals surface area contributed by atoms with Crippen molar-refractivity contribution in [2.75, 3.05) is 26.2 Å². The van der Waals surface area contributed by atoms with Gasteiger partial charge in [0.05, 0.1) is 0 Å². The van der Waals surface area contributed by atoms with E-state index in [1.54, 1.807) is 0 Å². The van der Waals surface area contributed by atoms with Crippen LogP contribution in [0.15, 0.2) is 0 Å². The number of hydrogen-bond acceptors (Lipinski definition) is 3. The number of hydrogen-bond donors (Lipinski definition) is 2. The Kier molecular flexibility index (Phi) is 6.42. The highest BCUT2D eigenvalue weighted by Crippen LogP contribution is 2.10. The first-order valence-electron chi connectivity index (χ1n) is 6.40. The van der Waals surface area contributed by atoms with Crippen LogP contribution in [0.5, 0.6) is 0 Å². The smallest absolute Gasteiger partial charge is 0.303 e. The van der Waals surface area contributed by atoms with Gasteiger partial charge in [-0.25, -0.2) is 0 Å². The lowest BCUT2D eigenvalue weighted by Gasteiger charge is -2.32. The summed E-state index contributed by atoms with van der Waals surface area (Å²) in [5.74, 6) is -0.695. The standard InChI is InChI=1S/C12H24N2O2/c1-2-8-14-9-5-11(6-10-14)13-7-3-4-12(15)16/h11,13H,2-10H2,1H3,(H,15,16). The lowest BCUT2D eigenvalue weighted by molar-refractivity contribution is -0.137. The van der Waals surface area contributed by atoms with Crippen LogP contribution in [-0.2, 0) is 4.79 Å². The van der Waals surface area contributed by atoms with Gasteiger partial charge in [0.15, 0.2) is 0 Å². The number of aliphatic carboxylic acids is 1. The quantitative estimate of drug-likeness (QED) is 0.645. The normalized spacial score (nSPS) is 18.8. The second-order valence-corrected chi connectivity index (χ2v) is 4.57. The van der Waals surface area contributed by atoms with Gasteiger partial charge in [0.1, 0.15) is 0 Å². The molecular weight excluding hydrogens is 204 g/mol. The number of carboxylic acids is 1. The van der Waals surface area contributed by atoms with Crippen LogP contribution in [0.2, 0.25) is 0 Å². The molecule has 0 amide bonds. The number of nitrogens with one attached hydrogen (secondary N) is 1. The third-order valence-electron chi connectivity index (χ3n) is 3.13. The minimum atomic E-state index is -0.695. The number of rotatable bonds is 7. The topological polar surface area (TPSA) is 52.6 Å². The highest BCUT2D eigenvalue weighted by atomic mass is 16.4. The number of carbonyl (C=O) groups is 1. The molecule has 0 radical (unpaired) electrons. The van der Waals surface area contributed by atoms with E-state index < -0.39 is 5.97 Å². The number of piperidine rings is 1. The summed E-state index contributed by atoms with van der Waals surface area (Å²) >= 11 is 0. The van der Waals surface area contributed by atoms with E-state index in [1.165, 1.54) is 38.9 Å². The van der Waals surface area contributed by atoms with Gasteiger partial charge < -0.3 is 15.3 Å². The molecule has 4 heteroatoms. The first-order chi connectivity index (χ1) is 7.72. The molecule has 1 heterocycles. The van der Waals surface area contributed by atoms with Crippen molar-refractivity contribution >= 4 is 5.97 Å². The van der Waals surface area contributed by atoms with Crippen molar-refractivity contribution in [2.45, 2.75) is 45.1 Å². The Morgan fingerprint density at radius 2 is 2.12 bits per heavy atom. The maximum Gasteiger partial charge on any atom is 0.303 e. The largest absolute Gasteiger partial charge is 0.481 e. The number of nitrogens with zero attached hydrogens (tertiary/aromatic N) is 1. The monoisotopic (exact) mass is 228 g/mol. The molecule has 4 nitrogen and oxygen atoms in total. The van der Waals surface area contributed by atoms with E-state index >= 15 is 0 Å². The summed E-state index contributed by atoms with van der Waals surface area (Å²) in [6.45, 7) is 6.64. The fraction of sp³-hybridized carbons (Fsp3) is 0.917. The molecule has 1 fully saturated rings. The summed E-state index contributed by atoms with van der Waals surface area (Å²) < 4.78 is 0. The lowest BCUT2D eigenvalue weighted by atomic mass is 10.0. The molecule has 94 valence electrons. The molecule has 1 rings (SSSR count). The molecule has 0 spiro atoms. The zero-order valence-corrected chi connectivity index (χ0v) is 10.2. The van der Waals surface area contributed by atoms with Crippen molar-refractivity contribution < 1.29 is 9.90 Å². The first-order valence-corrected chi connectivity index (χ1v) is 6.40. The Morgan fingerprint density at radius 3 is 2.69 bits per heavy atom. The summed E-state index contributed by atoms with van der Waals surface area (Å²) in [7, 11) is 0. The van der Waals surface area contributed by atoms with Crippen LogP contribution in [0.25, 0.3) is 0 Å². The van der Waals surface area contributed by atoms with Gasteiger partial charge in [-0.05, 0) is 51.9 Å². The average molecular weight is 228 g/mol. The third-order valence-corrected chi connectivity index (χ3v) is 3.13. The highest BCUT2D eigenvalue weighted by Gasteiger charge is 2.17. The van der Waals surface area contributed by atoms with Crippen molar-refractivity contribution in [1.29, 1.82) is 0 Å². The predicted octanol–water partition coefficient (Wildman–Crippen LogP) is 1.32. The molecule has 0 bridgehead atoms. The molecule has 0 aromatic rings. The summed E-state index contributed by atoms with van der Waals surface area (Å²) in [5, 5.41) is 12.0. The Hall–Kier alpha value is -0.610. The summed E-state index contributed by atoms with van der Waals surface area (Å²) in [4.78, 5) is 12.8. The summed E-state index contributed by atoms with van der Waals surface area (Å²) in [6.07, 6.45) is 4.66. The number of carboxylic acid groups (broad SMARTS) is 1. The molecule has 0 aromatic carbocycles. The minimum Gasteiger partial charge on any atom is -0.481 e. The van der Waals surface area contributed by atoms with Crippen molar-refractivity contribution in [1.82, 2.24) is 10.2 Å². The Labute approximate surface area is 98.0 Å². The van der Waals surface area contributed by atoms with Crippen LogP contribution >= 0.6 is 0 Å². The molecule has 0 saturated carbocycles. The maximum atomic E-state index is 10.3. The van der Waals surface area contributed by atoms with E-state index in [0.29, 0.717) is 6.04 Å². The fourth-order valence-electron chi connectivity index (χ4n) is 2.22. The van der Waals surface area contributed by atoms with E-state index in [9.17, 15) is 4.79 Å². The van der Waals surface area contributed by atoms with Crippen molar-refractivity contribution in [3.8, 4) is 0 Å². The van der Waals surface area contributed by atoms with Crippen molar-refractivity contribution in [2.24, 2.45) is 0 Å². The molecule has 0 atom stereocenters. The molecule has 0 aliphatic carbocycles. The Balaban J connectivity index is 2.01. The second-order valence-electron chi connectivity index (χ2n) is 4.57. The minimum absolute atomic E-state index is 0.279. The van der Waals surface area contributed by atoms with Gasteiger partial charge in [-0.3, -0.25) is 4.79 Å². The molecule has 1 aliphatic rings. The third kappa shape index (κ3) is 5.47. The molecular formula is C12H24N2O2. The Bertz CT molecular complexity index is 201. The van der Waals surface area contributed by atoms with Crippen molar-refractivity contribution in [3.63, 3.8) is 0 Å². The Morgan fingerprint density at radius 1 is 1.44 bits per heavy atom. The lowest BCUT2D eigenvalue weighted by Crippen LogP contribution is -2.42. The molecule has 0 aromatic heterocycles. The molecule has 2 N–H and O–H groups in total. The average Bonchev–Trinajstić information content (AvgIpc) is 2.27. The van der Waals surface area contributed by atoms with Gasteiger partial charge in [-0.1, -0.05) is 6.92 Å². The van der Waals surface area contributed by atoms with Crippen LogP contribution in [0.1, 0.15) is 39.0 Å². The van der Waals surface area contributed by atoms with Gasteiger partial charge in [0.25, 0.3) is 0 Å². The van der Waals surface area contributed by atoms with Gasteiger partial charge in [0, 0.05) is 12.5 Å². The highest BCUT2D eigenvalue weighted by molar-refractivity contribution is 5.66. The molecule has 16 heavy (non-hydrogen) atoms. The summed E-state index contributed by atoms with van der Waals surface area (Å²) in [5.41, 5.74) is 0. The van der Waals surface area contributed by atoms with Crippen LogP contribution in [0.4, 0.5) is 0 Å². The molecule has 1 saturated heterocycles. The van der Waals surface area contributed by atoms with E-state index in [1.807, 2.05) is 0 Å². The van der Waals surface area contributed by atoms with Crippen LogP contribution in [0.3, 0.4) is 0 Å². The molecule has 0 unspecified atom stereocenters. The number of likely N-dealkylation sites (tertiary alicyclic amines) is 1. The van der Waals surface area contributed by atoms with E-state index in [-0.39, 0.29) is 6.42 Å². The van der Waals surface area contributed by atoms with Crippen LogP contribution < -0.4 is 5.32 Å². The van der Waals surface area contributed by atoms with Gasteiger partial charge in [-0.15, -0.1) is 0 Å². The van der Waals surface area contributed by atoms with Crippen LogP contribution in [-0.4, -0.2) is 48.2 Å². The second kappa shape index (κ2) is 7.63. The van der Waals surface area contributed by atoms with E-state index in [0.717, 1.165) is 13.0 Å². The molecule has 1 aliphatic heterocycles. The van der Waals surface area contributed by atoms with E-state index in [2.05, 4.69) is 17.1 Å². The van der Waals surface area contributed by atoms with Gasteiger partial charge in [0.2, 0.25) is 0 Å². The summed E-state index contributed by atoms with van der Waals surface area (Å²) in [6, 6.07) is 0.599. The zero-order valence-electron chi connectivity index (χ0n) is 10.2. The van der Waals surface area contributed by atoms with Crippen molar-refractivity contribution in [3.05, 3.63) is 0 Å². The first kappa shape index (κ1) is 13.5. The zero-order chi connectivity index (χ0) is 11.8. The van der Waals surface area contributed by atoms with Crippen LogP contribution in [0, 0.1) is 0 Å². The SMILES string of the molecule is CCCN1CCC(NCCCC(=O)O)CC1. The predicted molar refractivity (Wildman–Crippen MR) is 64.6 cm³/mol. The van der Waals surface area contributed by atoms with Gasteiger partial charge >= 0.3 is 5.97 Å². The van der Waals surface area contributed by atoms with Gasteiger partial charge in [-0.2, -0.15) is 0 Å². The van der Waals surface area contributed by atoms with E-state index in [4.69, 9.17) is 5.11 Å². The maximum absolute atomic E-state index is 10.3. The fourth-order valence-corrected chi connectivity index (χ4v) is 2.22.